The Bertz CT molecular complexity index is 659. The zero-order valence-corrected chi connectivity index (χ0v) is 14.3. The highest BCUT2D eigenvalue weighted by Crippen LogP contribution is 2.12. The Balaban J connectivity index is 1.85. The molecule has 0 aliphatic heterocycles. The molecule has 0 aliphatic rings. The summed E-state index contributed by atoms with van der Waals surface area (Å²) in [6.45, 7) is 1.87. The standard InChI is InChI=1S/C17H17IN2O2/c1-12(13-7-3-2-4-8-13)20-16(21)11-19-17(22)14-9-5-6-10-15(14)18/h2-10,12H,11H2,1H3,(H,19,22)(H,20,21). The lowest BCUT2D eigenvalue weighted by atomic mass is 10.1. The van der Waals surface area contributed by atoms with Gasteiger partial charge in [-0.3, -0.25) is 9.59 Å². The molecule has 0 saturated carbocycles. The molecule has 0 bridgehead atoms. The van der Waals surface area contributed by atoms with Gasteiger partial charge in [-0.05, 0) is 47.2 Å². The highest BCUT2D eigenvalue weighted by atomic mass is 127. The quantitative estimate of drug-likeness (QED) is 0.748. The molecule has 2 N–H and O–H groups in total. The van der Waals surface area contributed by atoms with Crippen LogP contribution in [0.1, 0.15) is 28.9 Å². The van der Waals surface area contributed by atoms with E-state index in [4.69, 9.17) is 0 Å². The van der Waals surface area contributed by atoms with E-state index in [1.165, 1.54) is 0 Å². The lowest BCUT2D eigenvalue weighted by molar-refractivity contribution is -0.120. The Hall–Kier alpha value is -1.89. The monoisotopic (exact) mass is 408 g/mol. The van der Waals surface area contributed by atoms with E-state index < -0.39 is 0 Å². The van der Waals surface area contributed by atoms with Crippen molar-refractivity contribution in [2.75, 3.05) is 6.54 Å². The van der Waals surface area contributed by atoms with Crippen molar-refractivity contribution < 1.29 is 9.59 Å². The van der Waals surface area contributed by atoms with Gasteiger partial charge in [0.1, 0.15) is 0 Å². The number of halogens is 1. The van der Waals surface area contributed by atoms with Gasteiger partial charge >= 0.3 is 0 Å². The molecule has 1 unspecified atom stereocenters. The molecule has 22 heavy (non-hydrogen) atoms. The van der Waals surface area contributed by atoms with Gasteiger partial charge < -0.3 is 10.6 Å². The third-order valence-corrected chi connectivity index (χ3v) is 4.15. The number of nitrogens with one attached hydrogen (secondary N) is 2. The predicted octanol–water partition coefficient (Wildman–Crippen LogP) is 2.90. The summed E-state index contributed by atoms with van der Waals surface area (Å²) in [4.78, 5) is 23.9. The van der Waals surface area contributed by atoms with Crippen molar-refractivity contribution in [3.63, 3.8) is 0 Å². The molecule has 4 nitrogen and oxygen atoms in total. The zero-order chi connectivity index (χ0) is 15.9. The maximum Gasteiger partial charge on any atom is 0.252 e. The minimum absolute atomic E-state index is 0.0407. The Morgan fingerprint density at radius 2 is 1.68 bits per heavy atom. The largest absolute Gasteiger partial charge is 0.348 e. The van der Waals surface area contributed by atoms with E-state index in [1.807, 2.05) is 49.4 Å². The second kappa shape index (κ2) is 7.93. The van der Waals surface area contributed by atoms with Gasteiger partial charge in [0.25, 0.3) is 5.91 Å². The fourth-order valence-electron chi connectivity index (χ4n) is 2.02. The van der Waals surface area contributed by atoms with Crippen LogP contribution >= 0.6 is 22.6 Å². The predicted molar refractivity (Wildman–Crippen MR) is 94.5 cm³/mol. The molecule has 2 amide bonds. The van der Waals surface area contributed by atoms with E-state index in [2.05, 4.69) is 33.2 Å². The molecule has 0 fully saturated rings. The van der Waals surface area contributed by atoms with E-state index >= 15 is 0 Å². The highest BCUT2D eigenvalue weighted by molar-refractivity contribution is 14.1. The number of carbonyl (C=O) groups is 2. The van der Waals surface area contributed by atoms with Crippen LogP contribution in [-0.2, 0) is 4.79 Å². The average molecular weight is 408 g/mol. The molecule has 0 saturated heterocycles. The van der Waals surface area contributed by atoms with Crippen molar-refractivity contribution in [3.8, 4) is 0 Å². The van der Waals surface area contributed by atoms with Crippen LogP contribution < -0.4 is 10.6 Å². The summed E-state index contributed by atoms with van der Waals surface area (Å²) >= 11 is 2.10. The van der Waals surface area contributed by atoms with Crippen LogP contribution in [0.15, 0.2) is 54.6 Å². The number of carbonyl (C=O) groups excluding carboxylic acids is 2. The second-order valence-electron chi connectivity index (χ2n) is 4.86. The highest BCUT2D eigenvalue weighted by Gasteiger charge is 2.12. The van der Waals surface area contributed by atoms with Gasteiger partial charge in [-0.15, -0.1) is 0 Å². The summed E-state index contributed by atoms with van der Waals surface area (Å²) in [5.41, 5.74) is 1.60. The average Bonchev–Trinajstić information content (AvgIpc) is 2.54. The molecule has 2 aromatic rings. The van der Waals surface area contributed by atoms with Crippen molar-refractivity contribution in [1.82, 2.24) is 10.6 Å². The van der Waals surface area contributed by atoms with Gasteiger partial charge in [-0.25, -0.2) is 0 Å². The fraction of sp³-hybridized carbons (Fsp3) is 0.176. The minimum Gasteiger partial charge on any atom is -0.348 e. The Morgan fingerprint density at radius 3 is 2.36 bits per heavy atom. The topological polar surface area (TPSA) is 58.2 Å². The van der Waals surface area contributed by atoms with E-state index in [0.717, 1.165) is 9.13 Å². The molecular formula is C17H17IN2O2. The maximum absolute atomic E-state index is 12.0. The number of benzene rings is 2. The lowest BCUT2D eigenvalue weighted by Crippen LogP contribution is -2.38. The molecule has 0 aromatic heterocycles. The lowest BCUT2D eigenvalue weighted by Gasteiger charge is -2.14. The molecular weight excluding hydrogens is 391 g/mol. The molecule has 1 atom stereocenters. The first-order valence-electron chi connectivity index (χ1n) is 6.95. The summed E-state index contributed by atoms with van der Waals surface area (Å²) in [5.74, 6) is -0.455. The van der Waals surface area contributed by atoms with Gasteiger partial charge in [0.05, 0.1) is 18.2 Å². The summed E-state index contributed by atoms with van der Waals surface area (Å²) in [7, 11) is 0. The van der Waals surface area contributed by atoms with Crippen LogP contribution in [0.4, 0.5) is 0 Å². The van der Waals surface area contributed by atoms with Crippen LogP contribution in [0, 0.1) is 3.57 Å². The molecule has 0 spiro atoms. The maximum atomic E-state index is 12.0. The molecule has 0 radical (unpaired) electrons. The molecule has 114 valence electrons. The first-order valence-corrected chi connectivity index (χ1v) is 8.03. The van der Waals surface area contributed by atoms with Crippen LogP contribution in [0.25, 0.3) is 0 Å². The first-order chi connectivity index (χ1) is 10.6. The normalized spacial score (nSPS) is 11.5. The fourth-order valence-corrected chi connectivity index (χ4v) is 2.65. The minimum atomic E-state index is -0.243. The van der Waals surface area contributed by atoms with Crippen molar-refractivity contribution in [1.29, 1.82) is 0 Å². The Morgan fingerprint density at radius 1 is 1.05 bits per heavy atom. The molecule has 2 rings (SSSR count). The van der Waals surface area contributed by atoms with E-state index in [9.17, 15) is 9.59 Å². The Labute approximate surface area is 143 Å². The molecule has 0 heterocycles. The molecule has 0 aliphatic carbocycles. The van der Waals surface area contributed by atoms with Gasteiger partial charge in [0, 0.05) is 3.57 Å². The summed E-state index contributed by atoms with van der Waals surface area (Å²) in [5, 5.41) is 5.50. The second-order valence-corrected chi connectivity index (χ2v) is 6.02. The van der Waals surface area contributed by atoms with E-state index in [-0.39, 0.29) is 24.4 Å². The van der Waals surface area contributed by atoms with Gasteiger partial charge in [0.15, 0.2) is 0 Å². The van der Waals surface area contributed by atoms with E-state index in [0.29, 0.717) is 5.56 Å². The Kier molecular flexibility index (Phi) is 5.94. The molecule has 5 heteroatoms. The number of hydrogen-bond donors (Lipinski definition) is 2. The summed E-state index contributed by atoms with van der Waals surface area (Å²) in [6.07, 6.45) is 0. The summed E-state index contributed by atoms with van der Waals surface area (Å²) < 4.78 is 0.857. The number of hydrogen-bond acceptors (Lipinski definition) is 2. The number of amides is 2. The third-order valence-electron chi connectivity index (χ3n) is 3.21. The van der Waals surface area contributed by atoms with Crippen molar-refractivity contribution in [2.45, 2.75) is 13.0 Å². The van der Waals surface area contributed by atoms with Crippen LogP contribution in [0.3, 0.4) is 0 Å². The summed E-state index contributed by atoms with van der Waals surface area (Å²) in [6, 6.07) is 16.9. The van der Waals surface area contributed by atoms with Crippen LogP contribution in [0.2, 0.25) is 0 Å². The van der Waals surface area contributed by atoms with Crippen LogP contribution in [-0.4, -0.2) is 18.4 Å². The smallest absolute Gasteiger partial charge is 0.252 e. The van der Waals surface area contributed by atoms with Gasteiger partial charge in [0.2, 0.25) is 5.91 Å². The first kappa shape index (κ1) is 16.5. The van der Waals surface area contributed by atoms with Gasteiger partial charge in [-0.1, -0.05) is 42.5 Å². The van der Waals surface area contributed by atoms with E-state index in [1.54, 1.807) is 12.1 Å². The van der Waals surface area contributed by atoms with Gasteiger partial charge in [-0.2, -0.15) is 0 Å². The van der Waals surface area contributed by atoms with Crippen molar-refractivity contribution >= 4 is 34.4 Å². The molecule has 2 aromatic carbocycles. The third kappa shape index (κ3) is 4.56. The van der Waals surface area contributed by atoms with Crippen molar-refractivity contribution in [2.24, 2.45) is 0 Å². The number of rotatable bonds is 5. The van der Waals surface area contributed by atoms with Crippen molar-refractivity contribution in [3.05, 3.63) is 69.3 Å². The van der Waals surface area contributed by atoms with Crippen LogP contribution in [0.5, 0.6) is 0 Å². The SMILES string of the molecule is CC(NC(=O)CNC(=O)c1ccccc1I)c1ccccc1. The zero-order valence-electron chi connectivity index (χ0n) is 12.2.